The Hall–Kier alpha value is -1.84. The van der Waals surface area contributed by atoms with Gasteiger partial charge >= 0.3 is 31.2 Å². The first-order chi connectivity index (χ1) is 12.3. The van der Waals surface area contributed by atoms with Gasteiger partial charge in [-0.25, -0.2) is 0 Å². The van der Waals surface area contributed by atoms with Crippen molar-refractivity contribution in [1.29, 1.82) is 0 Å². The van der Waals surface area contributed by atoms with Crippen molar-refractivity contribution in [3.8, 4) is 0 Å². The fourth-order valence-electron chi connectivity index (χ4n) is 2.14. The predicted octanol–water partition coefficient (Wildman–Crippen LogP) is 3.43. The average Bonchev–Trinajstić information content (AvgIpc) is 3.35. The predicted molar refractivity (Wildman–Crippen MR) is 103 cm³/mol. The molecule has 0 saturated heterocycles. The molecule has 25 heavy (non-hydrogen) atoms. The molecule has 130 valence electrons. The summed E-state index contributed by atoms with van der Waals surface area (Å²) in [4.78, 5) is 0. The molecule has 0 spiro atoms. The van der Waals surface area contributed by atoms with Gasteiger partial charge in [0, 0.05) is 0 Å². The van der Waals surface area contributed by atoms with Crippen molar-refractivity contribution < 1.29 is 30.2 Å². The van der Waals surface area contributed by atoms with Crippen molar-refractivity contribution in [1.82, 2.24) is 0 Å². The number of benzene rings is 2. The van der Waals surface area contributed by atoms with Gasteiger partial charge in [-0.05, 0) is 0 Å². The zero-order valence-corrected chi connectivity index (χ0v) is 16.5. The molecule has 0 heterocycles. The molecule has 0 amide bonds. The van der Waals surface area contributed by atoms with E-state index in [0.717, 1.165) is 14.2 Å². The van der Waals surface area contributed by atoms with Crippen LogP contribution in [0.25, 0.3) is 21.5 Å². The maximum absolute atomic E-state index is 8.25. The Morgan fingerprint density at radius 1 is 0.680 bits per heavy atom. The van der Waals surface area contributed by atoms with E-state index >= 15 is 0 Å². The molecule has 4 aromatic rings. The molecule has 4 aromatic carbocycles. The molecule has 0 aromatic heterocycles. The number of hydrogen-bond acceptors (Lipinski definition) is 2. The molecule has 0 unspecified atom stereocenters. The first-order valence-corrected chi connectivity index (χ1v) is 8.73. The van der Waals surface area contributed by atoms with E-state index in [1.165, 1.54) is 21.5 Å². The molecule has 0 atom stereocenters. The molecule has 0 aliphatic carbocycles. The Kier molecular flexibility index (Phi) is 14.5. The van der Waals surface area contributed by atoms with E-state index in [1.54, 1.807) is 0 Å². The van der Waals surface area contributed by atoms with E-state index in [9.17, 15) is 0 Å². The minimum absolute atomic E-state index is 0.750. The topological polar surface area (TPSA) is 46.1 Å². The first-order valence-electron chi connectivity index (χ1n) is 7.83. The molecule has 0 saturated carbocycles. The van der Waals surface area contributed by atoms with Crippen LogP contribution in [0.2, 0.25) is 0 Å². The zero-order valence-electron chi connectivity index (χ0n) is 15.0. The minimum Gasteiger partial charge on any atom is -0.857 e. The molecule has 4 rings (SSSR count). The summed E-state index contributed by atoms with van der Waals surface area (Å²) < 4.78 is 2.00. The summed E-state index contributed by atoms with van der Waals surface area (Å²) in [5, 5.41) is 21.8. The van der Waals surface area contributed by atoms with Crippen LogP contribution >= 0.6 is 0 Å². The summed E-state index contributed by atoms with van der Waals surface area (Å²) >= 11 is 2.00. The molecule has 2 nitrogen and oxygen atoms in total. The summed E-state index contributed by atoms with van der Waals surface area (Å²) in [6.45, 7) is 2.00. The quantitative estimate of drug-likeness (QED) is 0.353. The maximum atomic E-state index is 8.25. The summed E-state index contributed by atoms with van der Waals surface area (Å²) in [7, 11) is 1.50. The zero-order chi connectivity index (χ0) is 18.9. The van der Waals surface area contributed by atoms with Crippen molar-refractivity contribution in [2.45, 2.75) is 6.92 Å². The Morgan fingerprint density at radius 2 is 1.00 bits per heavy atom. The van der Waals surface area contributed by atoms with E-state index in [0.29, 0.717) is 0 Å². The van der Waals surface area contributed by atoms with Gasteiger partial charge in [-0.1, -0.05) is 12.1 Å². The normalized spacial score (nSPS) is 8.44. The smallest absolute Gasteiger partial charge is 0.0809 e. The second-order valence-electron chi connectivity index (χ2n) is 4.60. The molecular weight excluding hydrogens is 344 g/mol. The van der Waals surface area contributed by atoms with Gasteiger partial charge in [-0.2, -0.15) is 49.3 Å². The largest absolute Gasteiger partial charge is 0.857 e. The molecule has 0 radical (unpaired) electrons. The molecule has 0 aliphatic rings. The van der Waals surface area contributed by atoms with Gasteiger partial charge in [-0.3, -0.25) is 0 Å². The molecule has 0 bridgehead atoms. The summed E-state index contributed by atoms with van der Waals surface area (Å²) in [6.07, 6.45) is 0. The van der Waals surface area contributed by atoms with Crippen LogP contribution in [0.15, 0.2) is 84.9 Å². The van der Waals surface area contributed by atoms with Gasteiger partial charge in [0.15, 0.2) is 0 Å². The third-order valence-electron chi connectivity index (χ3n) is 3.10. The van der Waals surface area contributed by atoms with Crippen molar-refractivity contribution in [3.63, 3.8) is 0 Å². The van der Waals surface area contributed by atoms with Gasteiger partial charge in [0.25, 0.3) is 0 Å². The Labute approximate surface area is 162 Å². The van der Waals surface area contributed by atoms with Crippen LogP contribution in [0, 0.1) is 0 Å². The molecule has 0 aliphatic heterocycles. The van der Waals surface area contributed by atoms with Gasteiger partial charge < -0.3 is 10.2 Å². The summed E-state index contributed by atoms with van der Waals surface area (Å²) in [5.74, 6) is 0. The van der Waals surface area contributed by atoms with Crippen LogP contribution in [0.3, 0.4) is 0 Å². The average molecular weight is 368 g/mol. The Morgan fingerprint density at radius 3 is 1.32 bits per heavy atom. The van der Waals surface area contributed by atoms with Crippen LogP contribution in [0.4, 0.5) is 0 Å². The standard InChI is InChI=1S/2C9H7.C2H4.2CH3O.Ti/c2*1-2-5-9-7-3-6-8(9)4-1;3*1-2;/h2*1-7H;1H,2H3;2*1H3;/q2*-1;;2*-1;+2. The molecule has 0 N–H and O–H groups in total. The molecule has 3 heteroatoms. The van der Waals surface area contributed by atoms with E-state index in [1.807, 2.05) is 31.2 Å². The van der Waals surface area contributed by atoms with Crippen LogP contribution in [-0.4, -0.2) is 18.5 Å². The van der Waals surface area contributed by atoms with Crippen molar-refractivity contribution in [2.24, 2.45) is 0 Å². The second-order valence-corrected chi connectivity index (χ2v) is 5.50. The van der Waals surface area contributed by atoms with Gasteiger partial charge in [0.05, 0.1) is 0 Å². The second kappa shape index (κ2) is 15.7. The first kappa shape index (κ1) is 23.2. The Bertz CT molecular complexity index is 673. The number of hydrogen-bond donors (Lipinski definition) is 0. The van der Waals surface area contributed by atoms with E-state index in [-0.39, 0.29) is 0 Å². The monoisotopic (exact) mass is 368 g/mol. The molecular formula is C22H24O2Ti-2. The van der Waals surface area contributed by atoms with Gasteiger partial charge in [0.1, 0.15) is 0 Å². The number of rotatable bonds is 0. The molecule has 0 fully saturated rings. The number of fused-ring (bicyclic) bond motifs is 2. The van der Waals surface area contributed by atoms with E-state index < -0.39 is 0 Å². The summed E-state index contributed by atoms with van der Waals surface area (Å²) in [5.41, 5.74) is 0. The van der Waals surface area contributed by atoms with E-state index in [4.69, 9.17) is 10.2 Å². The maximum Gasteiger partial charge on any atom is -0.0809 e. The van der Waals surface area contributed by atoms with Crippen molar-refractivity contribution >= 4 is 25.9 Å². The third kappa shape index (κ3) is 8.71. The van der Waals surface area contributed by atoms with Crippen molar-refractivity contribution in [3.05, 3.63) is 84.9 Å². The van der Waals surface area contributed by atoms with Crippen LogP contribution in [0.1, 0.15) is 6.92 Å². The SMILES string of the molecule is C[CH]=[Ti+2].C[O-].C[O-].c1ccc2[cH-]ccc2c1.c1ccc2[cH-]ccc2c1. The third-order valence-corrected chi connectivity index (χ3v) is 3.10. The minimum atomic E-state index is 0.750. The van der Waals surface area contributed by atoms with Gasteiger partial charge in [-0.15, -0.1) is 59.3 Å². The summed E-state index contributed by atoms with van der Waals surface area (Å²) in [6, 6.07) is 29.3. The van der Waals surface area contributed by atoms with Crippen LogP contribution in [0.5, 0.6) is 0 Å². The van der Waals surface area contributed by atoms with Crippen LogP contribution < -0.4 is 10.2 Å². The van der Waals surface area contributed by atoms with Gasteiger partial charge in [0.2, 0.25) is 0 Å². The van der Waals surface area contributed by atoms with Crippen LogP contribution in [-0.2, 0) is 20.0 Å². The van der Waals surface area contributed by atoms with E-state index in [2.05, 4.69) is 84.9 Å². The Balaban J connectivity index is 0.000000343. The van der Waals surface area contributed by atoms with Crippen molar-refractivity contribution in [2.75, 3.05) is 14.2 Å². The fraction of sp³-hybridized carbons (Fsp3) is 0.136. The fourth-order valence-corrected chi connectivity index (χ4v) is 2.14.